The average molecular weight is 429 g/mol. The second-order valence-electron chi connectivity index (χ2n) is 6.95. The van der Waals surface area contributed by atoms with Crippen LogP contribution < -0.4 is 10.1 Å². The van der Waals surface area contributed by atoms with Gasteiger partial charge in [-0.15, -0.1) is 11.8 Å². The summed E-state index contributed by atoms with van der Waals surface area (Å²) in [5, 5.41) is 14.2. The van der Waals surface area contributed by atoms with Crippen molar-refractivity contribution in [2.45, 2.75) is 26.8 Å². The summed E-state index contributed by atoms with van der Waals surface area (Å²) >= 11 is 1.47. The summed E-state index contributed by atoms with van der Waals surface area (Å²) in [6.07, 6.45) is 0. The van der Waals surface area contributed by atoms with Crippen LogP contribution in [0.5, 0.6) is 5.75 Å². The third-order valence-corrected chi connectivity index (χ3v) is 5.93. The minimum absolute atomic E-state index is 0.110. The number of carbonyl (C=O) groups excluding carboxylic acids is 2. The van der Waals surface area contributed by atoms with Crippen molar-refractivity contribution in [3.05, 3.63) is 63.2 Å². The summed E-state index contributed by atoms with van der Waals surface area (Å²) in [5.74, 6) is 0.203. The van der Waals surface area contributed by atoms with Gasteiger partial charge < -0.3 is 15.0 Å². The molecule has 3 rings (SSSR count). The van der Waals surface area contributed by atoms with Gasteiger partial charge in [0.15, 0.2) is 5.75 Å². The molecular formula is C21H23N3O5S. The molecule has 158 valence electrons. The Kier molecular flexibility index (Phi) is 6.61. The van der Waals surface area contributed by atoms with Gasteiger partial charge in [0.1, 0.15) is 6.04 Å². The Hall–Kier alpha value is -3.07. The molecule has 1 fully saturated rings. The molecule has 2 aromatic rings. The van der Waals surface area contributed by atoms with Crippen LogP contribution in [-0.2, 0) is 4.79 Å². The van der Waals surface area contributed by atoms with Crippen LogP contribution in [-0.4, -0.2) is 45.9 Å². The first-order valence-corrected chi connectivity index (χ1v) is 10.6. The maximum atomic E-state index is 13.0. The number of aryl methyl sites for hydroxylation is 2. The molecule has 1 saturated heterocycles. The Bertz CT molecular complexity index is 995. The van der Waals surface area contributed by atoms with Crippen molar-refractivity contribution < 1.29 is 19.2 Å². The molecule has 0 saturated carbocycles. The molecule has 0 aliphatic carbocycles. The maximum Gasteiger partial charge on any atom is 0.311 e. The second kappa shape index (κ2) is 9.17. The number of hydrogen-bond acceptors (Lipinski definition) is 6. The number of ether oxygens (including phenoxy) is 1. The fourth-order valence-corrected chi connectivity index (χ4v) is 4.30. The average Bonchev–Trinajstić information content (AvgIpc) is 3.20. The lowest BCUT2D eigenvalue weighted by Crippen LogP contribution is -2.44. The molecule has 1 N–H and O–H groups in total. The molecule has 0 aromatic heterocycles. The highest BCUT2D eigenvalue weighted by atomic mass is 32.2. The molecule has 8 nitrogen and oxygen atoms in total. The largest absolute Gasteiger partial charge is 0.487 e. The van der Waals surface area contributed by atoms with Crippen LogP contribution in [0.2, 0.25) is 0 Å². The minimum Gasteiger partial charge on any atom is -0.487 e. The van der Waals surface area contributed by atoms with Gasteiger partial charge in [0, 0.05) is 23.1 Å². The summed E-state index contributed by atoms with van der Waals surface area (Å²) in [4.78, 5) is 38.1. The Balaban J connectivity index is 1.79. The molecule has 2 amide bonds. The van der Waals surface area contributed by atoms with E-state index >= 15 is 0 Å². The normalized spacial score (nSPS) is 15.7. The first-order valence-electron chi connectivity index (χ1n) is 9.50. The van der Waals surface area contributed by atoms with Crippen LogP contribution in [0.25, 0.3) is 0 Å². The van der Waals surface area contributed by atoms with E-state index in [0.717, 1.165) is 11.1 Å². The number of anilines is 1. The summed E-state index contributed by atoms with van der Waals surface area (Å²) in [6, 6.07) is 9.09. The molecule has 0 radical (unpaired) electrons. The Morgan fingerprint density at radius 1 is 1.23 bits per heavy atom. The van der Waals surface area contributed by atoms with Gasteiger partial charge in [0.05, 0.1) is 17.4 Å². The van der Waals surface area contributed by atoms with E-state index in [9.17, 15) is 19.7 Å². The number of nitro benzene ring substituents is 1. The third kappa shape index (κ3) is 4.56. The van der Waals surface area contributed by atoms with E-state index in [0.29, 0.717) is 17.3 Å². The molecule has 30 heavy (non-hydrogen) atoms. The molecule has 1 atom stereocenters. The van der Waals surface area contributed by atoms with Gasteiger partial charge in [-0.1, -0.05) is 6.07 Å². The molecule has 9 heteroatoms. The zero-order valence-corrected chi connectivity index (χ0v) is 17.8. The maximum absolute atomic E-state index is 13.0. The van der Waals surface area contributed by atoms with Gasteiger partial charge >= 0.3 is 5.69 Å². The smallest absolute Gasteiger partial charge is 0.311 e. The van der Waals surface area contributed by atoms with Gasteiger partial charge in [0.2, 0.25) is 5.91 Å². The number of benzene rings is 2. The van der Waals surface area contributed by atoms with E-state index in [1.165, 1.54) is 34.9 Å². The van der Waals surface area contributed by atoms with Gasteiger partial charge in [-0.25, -0.2) is 0 Å². The minimum atomic E-state index is -0.658. The predicted octanol–water partition coefficient (Wildman–Crippen LogP) is 3.76. The summed E-state index contributed by atoms with van der Waals surface area (Å²) < 4.78 is 5.27. The van der Waals surface area contributed by atoms with Gasteiger partial charge in [-0.3, -0.25) is 19.7 Å². The van der Waals surface area contributed by atoms with Crippen molar-refractivity contribution in [1.29, 1.82) is 0 Å². The van der Waals surface area contributed by atoms with E-state index in [1.807, 2.05) is 32.0 Å². The zero-order chi connectivity index (χ0) is 21.8. The molecule has 0 spiro atoms. The number of hydrogen-bond donors (Lipinski definition) is 1. The van der Waals surface area contributed by atoms with E-state index in [4.69, 9.17) is 4.74 Å². The highest BCUT2D eigenvalue weighted by Gasteiger charge is 2.36. The third-order valence-electron chi connectivity index (χ3n) is 4.92. The van der Waals surface area contributed by atoms with Gasteiger partial charge in [-0.05, 0) is 56.2 Å². The predicted molar refractivity (Wildman–Crippen MR) is 116 cm³/mol. The number of nitrogens with zero attached hydrogens (tertiary/aromatic N) is 2. The van der Waals surface area contributed by atoms with Crippen LogP contribution >= 0.6 is 11.8 Å². The number of rotatable bonds is 6. The lowest BCUT2D eigenvalue weighted by molar-refractivity contribution is -0.385. The Labute approximate surface area is 178 Å². The van der Waals surface area contributed by atoms with Gasteiger partial charge in [0.25, 0.3) is 5.91 Å². The van der Waals surface area contributed by atoms with Crippen LogP contribution in [0, 0.1) is 24.0 Å². The lowest BCUT2D eigenvalue weighted by atomic mass is 10.1. The second-order valence-corrected chi connectivity index (χ2v) is 7.95. The van der Waals surface area contributed by atoms with Crippen molar-refractivity contribution in [2.75, 3.05) is 23.6 Å². The van der Waals surface area contributed by atoms with Gasteiger partial charge in [-0.2, -0.15) is 0 Å². The molecule has 1 heterocycles. The Morgan fingerprint density at radius 3 is 2.67 bits per heavy atom. The quantitative estimate of drug-likeness (QED) is 0.554. The van der Waals surface area contributed by atoms with Crippen LogP contribution in [0.3, 0.4) is 0 Å². The molecule has 1 unspecified atom stereocenters. The molecule has 1 aliphatic heterocycles. The molecular weight excluding hydrogens is 406 g/mol. The highest BCUT2D eigenvalue weighted by Crippen LogP contribution is 2.30. The molecule has 2 aromatic carbocycles. The van der Waals surface area contributed by atoms with E-state index < -0.39 is 16.9 Å². The first kappa shape index (κ1) is 21.6. The highest BCUT2D eigenvalue weighted by molar-refractivity contribution is 7.99. The topological polar surface area (TPSA) is 102 Å². The summed E-state index contributed by atoms with van der Waals surface area (Å²) in [7, 11) is 0. The standard InChI is InChI=1S/C21H23N3O5S/c1-4-29-19-8-6-15(10-17(19)24(27)28)21(26)23-12-30-11-18(23)20(25)22-16-7-5-13(2)14(3)9-16/h5-10,18H,4,11-12H2,1-3H3,(H,22,25). The summed E-state index contributed by atoms with van der Waals surface area (Å²) in [5.41, 5.74) is 2.73. The number of nitro groups is 1. The SMILES string of the molecule is CCOc1ccc(C(=O)N2CSCC2C(=O)Nc2ccc(C)c(C)c2)cc1[N+](=O)[O-]. The van der Waals surface area contributed by atoms with Crippen LogP contribution in [0.1, 0.15) is 28.4 Å². The van der Waals surface area contributed by atoms with Crippen LogP contribution in [0.15, 0.2) is 36.4 Å². The van der Waals surface area contributed by atoms with Crippen LogP contribution in [0.4, 0.5) is 11.4 Å². The van der Waals surface area contributed by atoms with Crippen molar-refractivity contribution in [3.63, 3.8) is 0 Å². The molecule has 1 aliphatic rings. The molecule has 0 bridgehead atoms. The fourth-order valence-electron chi connectivity index (χ4n) is 3.14. The zero-order valence-electron chi connectivity index (χ0n) is 17.0. The fraction of sp³-hybridized carbons (Fsp3) is 0.333. The van der Waals surface area contributed by atoms with Crippen molar-refractivity contribution in [1.82, 2.24) is 4.90 Å². The van der Waals surface area contributed by atoms with E-state index in [-0.39, 0.29) is 29.5 Å². The van der Waals surface area contributed by atoms with E-state index in [2.05, 4.69) is 5.32 Å². The Morgan fingerprint density at radius 2 is 2.00 bits per heavy atom. The van der Waals surface area contributed by atoms with Crippen molar-refractivity contribution in [3.8, 4) is 5.75 Å². The first-order chi connectivity index (χ1) is 14.3. The van der Waals surface area contributed by atoms with Crippen molar-refractivity contribution in [2.24, 2.45) is 0 Å². The number of amides is 2. The number of nitrogens with one attached hydrogen (secondary N) is 1. The number of carbonyl (C=O) groups is 2. The number of thioether (sulfide) groups is 1. The monoisotopic (exact) mass is 429 g/mol. The summed E-state index contributed by atoms with van der Waals surface area (Å²) in [6.45, 7) is 5.96. The lowest BCUT2D eigenvalue weighted by Gasteiger charge is -2.23. The van der Waals surface area contributed by atoms with E-state index in [1.54, 1.807) is 6.92 Å². The van der Waals surface area contributed by atoms with Crippen molar-refractivity contribution >= 4 is 35.0 Å².